The van der Waals surface area contributed by atoms with Gasteiger partial charge in [-0.1, -0.05) is 50.6 Å². The largest absolute Gasteiger partial charge is 0.477 e. The van der Waals surface area contributed by atoms with Gasteiger partial charge >= 0.3 is 6.09 Å². The highest BCUT2D eigenvalue weighted by Gasteiger charge is 2.63. The number of nitrogens with zero attached hydrogens (tertiary/aromatic N) is 2. The Kier molecular flexibility index (Phi) is 11.0. The van der Waals surface area contributed by atoms with Crippen LogP contribution >= 0.6 is 0 Å². The maximum atomic E-state index is 15.0. The van der Waals surface area contributed by atoms with Crippen LogP contribution < -0.4 is 24.8 Å². The minimum absolute atomic E-state index is 0.0153. The van der Waals surface area contributed by atoms with Crippen LogP contribution in [0.4, 0.5) is 4.79 Å². The van der Waals surface area contributed by atoms with Crippen LogP contribution in [0.1, 0.15) is 105 Å². The second kappa shape index (κ2) is 15.4. The van der Waals surface area contributed by atoms with E-state index in [1.165, 1.54) is 4.90 Å². The Morgan fingerprint density at radius 1 is 1.12 bits per heavy atom. The van der Waals surface area contributed by atoms with Crippen molar-refractivity contribution < 1.29 is 41.8 Å². The number of hydrogen-bond acceptors (Lipinski definition) is 10. The van der Waals surface area contributed by atoms with Crippen molar-refractivity contribution in [2.45, 2.75) is 140 Å². The molecule has 0 bridgehead atoms. The lowest BCUT2D eigenvalue weighted by Crippen LogP contribution is -2.59. The third-order valence-electron chi connectivity index (χ3n) is 12.3. The molecule has 0 unspecified atom stereocenters. The van der Waals surface area contributed by atoms with Crippen LogP contribution in [0.5, 0.6) is 11.8 Å². The van der Waals surface area contributed by atoms with Crippen molar-refractivity contribution in [1.82, 2.24) is 25.2 Å². The second-order valence-corrected chi connectivity index (χ2v) is 20.2. The Morgan fingerprint density at radius 2 is 1.86 bits per heavy atom. The fourth-order valence-electron chi connectivity index (χ4n) is 8.54. The van der Waals surface area contributed by atoms with Crippen molar-refractivity contribution in [1.29, 1.82) is 0 Å². The highest BCUT2D eigenvalue weighted by molar-refractivity contribution is 7.91. The molecule has 2 aliphatic carbocycles. The molecule has 5 aliphatic rings. The molecule has 3 fully saturated rings. The Hall–Kier alpha value is -4.40. The summed E-state index contributed by atoms with van der Waals surface area (Å²) in [6.07, 6.45) is 7.87. The maximum Gasteiger partial charge on any atom is 0.408 e. The van der Waals surface area contributed by atoms with Gasteiger partial charge in [0.1, 0.15) is 29.3 Å². The Bertz CT molecular complexity index is 2060. The number of allylic oxidation sites excluding steroid dienone is 1. The molecule has 3 aliphatic heterocycles. The van der Waals surface area contributed by atoms with E-state index >= 15 is 4.79 Å². The van der Waals surface area contributed by atoms with Gasteiger partial charge in [-0.25, -0.2) is 13.2 Å². The third kappa shape index (κ3) is 8.45. The summed E-state index contributed by atoms with van der Waals surface area (Å²) in [6.45, 7) is 11.4. The van der Waals surface area contributed by atoms with Crippen LogP contribution in [0.3, 0.4) is 0 Å². The van der Waals surface area contributed by atoms with Gasteiger partial charge in [-0.15, -0.1) is 0 Å². The van der Waals surface area contributed by atoms with E-state index in [-0.39, 0.29) is 31.2 Å². The minimum Gasteiger partial charge on any atom is -0.477 e. The Balaban J connectivity index is 1.25. The summed E-state index contributed by atoms with van der Waals surface area (Å²) in [5.74, 6) is -1.65. The monoisotopic (exact) mass is 807 g/mol. The number of nitrogens with one attached hydrogen (secondary N) is 3. The molecule has 1 aromatic carbocycles. The predicted octanol–water partition coefficient (Wildman–Crippen LogP) is 5.08. The molecule has 7 atom stereocenters. The van der Waals surface area contributed by atoms with Gasteiger partial charge in [0.25, 0.3) is 5.91 Å². The minimum atomic E-state index is -4.00. The summed E-state index contributed by atoms with van der Waals surface area (Å²) in [6, 6.07) is 5.61. The molecule has 14 nitrogen and oxygen atoms in total. The van der Waals surface area contributed by atoms with Gasteiger partial charge in [0.05, 0.1) is 17.9 Å². The van der Waals surface area contributed by atoms with Crippen LogP contribution in [-0.4, -0.2) is 89.3 Å². The summed E-state index contributed by atoms with van der Waals surface area (Å²) in [4.78, 5) is 63.2. The number of sulfonamides is 1. The summed E-state index contributed by atoms with van der Waals surface area (Å²) in [5.41, 5.74) is -1.35. The number of ether oxygens (including phenoxy) is 3. The number of rotatable bonds is 7. The van der Waals surface area contributed by atoms with E-state index < -0.39 is 73.8 Å². The van der Waals surface area contributed by atoms with Crippen LogP contribution in [0.2, 0.25) is 0 Å². The van der Waals surface area contributed by atoms with E-state index in [0.29, 0.717) is 50.5 Å². The fraction of sp³-hybridized carbons (Fsp3) is 0.643. The van der Waals surface area contributed by atoms with E-state index in [9.17, 15) is 22.8 Å². The van der Waals surface area contributed by atoms with Crippen LogP contribution in [-0.2, 0) is 35.6 Å². The fourth-order valence-corrected chi connectivity index (χ4v) is 9.86. The molecular weight excluding hydrogens is 751 g/mol. The van der Waals surface area contributed by atoms with Crippen LogP contribution in [0.15, 0.2) is 36.4 Å². The first-order valence-electron chi connectivity index (χ1n) is 20.5. The standard InChI is InChI=1S/C42H57N5O9S/c1-7-26-21-25(2)13-8-9-14-27-23-42(27,38(50)46-57(52,53)41(6)18-19-41)45-34(48)32-22-28(24-47(32)37(49)33(26)43-39(51)56-40(3,4)5)55-36-31-16-11-10-15-29(31)30-17-12-20-54-35(30)44-36/h9-11,14-16,25-28,32-33H,7-8,12-13,17-24H2,1-6H3,(H,43,51)(H,45,48)(H,46,50)/b14-9-/t25-,26-,27-,28-,32+,33+,42-/m1/s1. The molecular formula is C42H57N5O9S. The van der Waals surface area contributed by atoms with Crippen LogP contribution in [0, 0.1) is 17.8 Å². The molecule has 2 saturated carbocycles. The van der Waals surface area contributed by atoms with Crippen molar-refractivity contribution in [2.75, 3.05) is 13.2 Å². The molecule has 7 rings (SSSR count). The quantitative estimate of drug-likeness (QED) is 0.320. The molecule has 4 amide bonds. The van der Waals surface area contributed by atoms with E-state index in [2.05, 4.69) is 22.3 Å². The summed E-state index contributed by atoms with van der Waals surface area (Å²) in [5, 5.41) is 7.55. The van der Waals surface area contributed by atoms with Crippen molar-refractivity contribution in [2.24, 2.45) is 17.8 Å². The number of benzene rings is 1. The Labute approximate surface area is 335 Å². The van der Waals surface area contributed by atoms with Crippen molar-refractivity contribution in [3.63, 3.8) is 0 Å². The first-order valence-corrected chi connectivity index (χ1v) is 22.0. The van der Waals surface area contributed by atoms with Gasteiger partial charge in [0.15, 0.2) is 0 Å². The lowest BCUT2D eigenvalue weighted by molar-refractivity contribution is -0.142. The summed E-state index contributed by atoms with van der Waals surface area (Å²) in [7, 11) is -4.00. The summed E-state index contributed by atoms with van der Waals surface area (Å²) >= 11 is 0. The molecule has 15 heteroatoms. The van der Waals surface area contributed by atoms with Crippen LogP contribution in [0.25, 0.3) is 10.8 Å². The number of carbonyl (C=O) groups excluding carboxylic acids is 4. The number of alkyl carbamates (subject to hydrolysis) is 1. The highest BCUT2D eigenvalue weighted by atomic mass is 32.2. The maximum absolute atomic E-state index is 15.0. The van der Waals surface area contributed by atoms with E-state index in [1.807, 2.05) is 43.3 Å². The zero-order valence-corrected chi connectivity index (χ0v) is 34.7. The van der Waals surface area contributed by atoms with Crippen molar-refractivity contribution in [3.8, 4) is 11.8 Å². The molecule has 0 spiro atoms. The van der Waals surface area contributed by atoms with E-state index in [0.717, 1.165) is 35.6 Å². The average Bonchev–Trinajstić information content (AvgIpc) is 4.04. The highest BCUT2D eigenvalue weighted by Crippen LogP contribution is 2.48. The zero-order valence-electron chi connectivity index (χ0n) is 33.9. The number of pyridine rings is 1. The van der Waals surface area contributed by atoms with E-state index in [4.69, 9.17) is 19.2 Å². The molecule has 4 heterocycles. The van der Waals surface area contributed by atoms with Crippen molar-refractivity contribution >= 4 is 44.6 Å². The summed E-state index contributed by atoms with van der Waals surface area (Å²) < 4.78 is 46.0. The Morgan fingerprint density at radius 3 is 2.56 bits per heavy atom. The topological polar surface area (TPSA) is 182 Å². The number of amides is 4. The predicted molar refractivity (Wildman–Crippen MR) is 213 cm³/mol. The van der Waals surface area contributed by atoms with Gasteiger partial charge in [-0.05, 0) is 102 Å². The number of fused-ring (bicyclic) bond motifs is 5. The molecule has 1 aromatic heterocycles. The number of aromatic nitrogens is 1. The molecule has 2 aromatic rings. The molecule has 3 N–H and O–H groups in total. The third-order valence-corrected chi connectivity index (χ3v) is 14.5. The lowest BCUT2D eigenvalue weighted by Gasteiger charge is -2.34. The lowest BCUT2D eigenvalue weighted by atomic mass is 9.85. The zero-order chi connectivity index (χ0) is 40.9. The SMILES string of the molecule is CC[C@@H]1C[C@H](C)CC/C=C\[C@@H]2C[C@@]2(C(=O)NS(=O)(=O)C2(C)CC2)NC(=O)[C@@H]2C[C@@H](Oc3nc4c(c5ccccc35)CCCO4)CN2C(=O)[C@H]1NC(=O)OC(C)(C)C. The average molecular weight is 808 g/mol. The number of carbonyl (C=O) groups is 4. The first-order chi connectivity index (χ1) is 26.9. The molecule has 57 heavy (non-hydrogen) atoms. The van der Waals surface area contributed by atoms with E-state index in [1.54, 1.807) is 27.7 Å². The molecule has 310 valence electrons. The number of aryl methyl sites for hydroxylation is 1. The number of hydrogen-bond donors (Lipinski definition) is 3. The van der Waals surface area contributed by atoms with Gasteiger partial charge in [-0.2, -0.15) is 4.98 Å². The van der Waals surface area contributed by atoms with Crippen molar-refractivity contribution in [3.05, 3.63) is 42.0 Å². The normalized spacial score (nSPS) is 30.5. The van der Waals surface area contributed by atoms with Gasteiger partial charge in [0, 0.05) is 23.3 Å². The van der Waals surface area contributed by atoms with Gasteiger partial charge in [0.2, 0.25) is 33.6 Å². The molecule has 1 saturated heterocycles. The molecule has 0 radical (unpaired) electrons. The smallest absolute Gasteiger partial charge is 0.408 e. The second-order valence-electron chi connectivity index (χ2n) is 18.0. The van der Waals surface area contributed by atoms with Gasteiger partial charge in [-0.3, -0.25) is 19.1 Å². The van der Waals surface area contributed by atoms with Gasteiger partial charge < -0.3 is 29.7 Å². The first kappa shape index (κ1) is 40.8.